The second-order valence-corrected chi connectivity index (χ2v) is 6.43. The highest BCUT2D eigenvalue weighted by Crippen LogP contribution is 2.25. The molecular weight excluding hydrogens is 307 g/mol. The molecule has 1 aromatic carbocycles. The van der Waals surface area contributed by atoms with Gasteiger partial charge in [-0.15, -0.1) is 12.4 Å². The molecule has 5 heteroatoms. The van der Waals surface area contributed by atoms with Crippen LogP contribution in [0.1, 0.15) is 32.4 Å². The van der Waals surface area contributed by atoms with Gasteiger partial charge >= 0.3 is 0 Å². The van der Waals surface area contributed by atoms with Crippen LogP contribution in [0.3, 0.4) is 0 Å². The minimum atomic E-state index is 0. The molecule has 1 amide bonds. The van der Waals surface area contributed by atoms with Crippen LogP contribution in [0.5, 0.6) is 0 Å². The Morgan fingerprint density at radius 3 is 2.24 bits per heavy atom. The normalized spacial score (nSPS) is 17.6. The Kier molecular flexibility index (Phi) is 6.98. The van der Waals surface area contributed by atoms with Gasteiger partial charge in [0.1, 0.15) is 0 Å². The van der Waals surface area contributed by atoms with Crippen molar-refractivity contribution < 1.29 is 4.79 Å². The molecule has 1 aromatic rings. The van der Waals surface area contributed by atoms with Crippen LogP contribution < -0.4 is 10.6 Å². The highest BCUT2D eigenvalue weighted by Gasteiger charge is 2.30. The fourth-order valence-corrected chi connectivity index (χ4v) is 2.59. The minimum absolute atomic E-state index is 0. The topological polar surface area (TPSA) is 41.1 Å². The zero-order valence-electron chi connectivity index (χ0n) is 12.7. The predicted octanol–water partition coefficient (Wildman–Crippen LogP) is 3.43. The van der Waals surface area contributed by atoms with Gasteiger partial charge in [-0.25, -0.2) is 0 Å². The Bertz CT molecular complexity index is 458. The van der Waals surface area contributed by atoms with E-state index in [2.05, 4.69) is 24.5 Å². The van der Waals surface area contributed by atoms with Crippen molar-refractivity contribution in [2.24, 2.45) is 17.8 Å². The Labute approximate surface area is 138 Å². The first kappa shape index (κ1) is 18.3. The van der Waals surface area contributed by atoms with Gasteiger partial charge in [-0.3, -0.25) is 4.79 Å². The number of carbonyl (C=O) groups excluding carboxylic acids is 1. The van der Waals surface area contributed by atoms with E-state index in [1.807, 2.05) is 31.2 Å². The fourth-order valence-electron chi connectivity index (χ4n) is 2.47. The molecule has 3 nitrogen and oxygen atoms in total. The van der Waals surface area contributed by atoms with Crippen molar-refractivity contribution in [1.29, 1.82) is 0 Å². The van der Waals surface area contributed by atoms with Crippen LogP contribution in [0.15, 0.2) is 24.3 Å². The zero-order valence-corrected chi connectivity index (χ0v) is 14.3. The number of nitrogens with one attached hydrogen (secondary N) is 2. The van der Waals surface area contributed by atoms with Gasteiger partial charge < -0.3 is 10.6 Å². The molecule has 21 heavy (non-hydrogen) atoms. The number of benzene rings is 1. The highest BCUT2D eigenvalue weighted by atomic mass is 35.5. The Hall–Kier alpha value is -0.770. The van der Waals surface area contributed by atoms with E-state index in [1.54, 1.807) is 0 Å². The molecule has 118 valence electrons. The highest BCUT2D eigenvalue weighted by molar-refractivity contribution is 6.30. The van der Waals surface area contributed by atoms with E-state index >= 15 is 0 Å². The smallest absolute Gasteiger partial charge is 0.223 e. The maximum absolute atomic E-state index is 12.4. The molecule has 1 saturated heterocycles. The third kappa shape index (κ3) is 4.60. The molecule has 1 heterocycles. The van der Waals surface area contributed by atoms with Gasteiger partial charge in [-0.05, 0) is 42.6 Å². The monoisotopic (exact) mass is 330 g/mol. The number of hydrogen-bond donors (Lipinski definition) is 2. The maximum Gasteiger partial charge on any atom is 0.223 e. The summed E-state index contributed by atoms with van der Waals surface area (Å²) in [5.41, 5.74) is 1.11. The summed E-state index contributed by atoms with van der Waals surface area (Å²) < 4.78 is 0. The SMILES string of the molecule is CC(C)C(NC(=O)C(C)C1CNC1)c1ccc(Cl)cc1.Cl. The van der Waals surface area contributed by atoms with E-state index in [1.165, 1.54) is 0 Å². The van der Waals surface area contributed by atoms with Gasteiger partial charge in [0.25, 0.3) is 0 Å². The van der Waals surface area contributed by atoms with E-state index in [0.29, 0.717) is 11.8 Å². The van der Waals surface area contributed by atoms with Crippen LogP contribution >= 0.6 is 24.0 Å². The minimum Gasteiger partial charge on any atom is -0.349 e. The molecule has 0 spiro atoms. The van der Waals surface area contributed by atoms with Crippen molar-refractivity contribution in [3.05, 3.63) is 34.9 Å². The second-order valence-electron chi connectivity index (χ2n) is 5.99. The molecule has 2 unspecified atom stereocenters. The fraction of sp³-hybridized carbons (Fsp3) is 0.562. The number of amides is 1. The van der Waals surface area contributed by atoms with E-state index < -0.39 is 0 Å². The zero-order chi connectivity index (χ0) is 14.7. The molecule has 0 bridgehead atoms. The summed E-state index contributed by atoms with van der Waals surface area (Å²) in [6, 6.07) is 7.76. The molecule has 2 rings (SSSR count). The molecule has 2 N–H and O–H groups in total. The average Bonchev–Trinajstić information content (AvgIpc) is 2.34. The summed E-state index contributed by atoms with van der Waals surface area (Å²) in [6.45, 7) is 8.15. The van der Waals surface area contributed by atoms with Crippen LogP contribution in [0, 0.1) is 17.8 Å². The van der Waals surface area contributed by atoms with Crippen molar-refractivity contribution in [3.63, 3.8) is 0 Å². The van der Waals surface area contributed by atoms with Gasteiger partial charge in [0, 0.05) is 10.9 Å². The largest absolute Gasteiger partial charge is 0.349 e. The van der Waals surface area contributed by atoms with Crippen molar-refractivity contribution in [2.45, 2.75) is 26.8 Å². The van der Waals surface area contributed by atoms with Gasteiger partial charge in [-0.1, -0.05) is 44.5 Å². The van der Waals surface area contributed by atoms with E-state index in [4.69, 9.17) is 11.6 Å². The van der Waals surface area contributed by atoms with Crippen LogP contribution in [-0.2, 0) is 4.79 Å². The van der Waals surface area contributed by atoms with Gasteiger partial charge in [0.05, 0.1) is 6.04 Å². The lowest BCUT2D eigenvalue weighted by Gasteiger charge is -2.33. The van der Waals surface area contributed by atoms with E-state index in [9.17, 15) is 4.79 Å². The predicted molar refractivity (Wildman–Crippen MR) is 89.9 cm³/mol. The molecule has 0 aliphatic carbocycles. The van der Waals surface area contributed by atoms with Gasteiger partial charge in [0.15, 0.2) is 0 Å². The van der Waals surface area contributed by atoms with Gasteiger partial charge in [-0.2, -0.15) is 0 Å². The lowest BCUT2D eigenvalue weighted by atomic mass is 9.87. The summed E-state index contributed by atoms with van der Waals surface area (Å²) in [6.07, 6.45) is 0. The molecular formula is C16H24Cl2N2O. The Balaban J connectivity index is 0.00000220. The Morgan fingerprint density at radius 2 is 1.81 bits per heavy atom. The van der Waals surface area contributed by atoms with Crippen LogP contribution in [0.4, 0.5) is 0 Å². The first-order chi connectivity index (χ1) is 9.49. The lowest BCUT2D eigenvalue weighted by Crippen LogP contribution is -2.50. The van der Waals surface area contributed by atoms with E-state index in [0.717, 1.165) is 23.7 Å². The quantitative estimate of drug-likeness (QED) is 0.868. The Morgan fingerprint density at radius 1 is 1.24 bits per heavy atom. The number of carbonyl (C=O) groups is 1. The van der Waals surface area contributed by atoms with Gasteiger partial charge in [0.2, 0.25) is 5.91 Å². The summed E-state index contributed by atoms with van der Waals surface area (Å²) in [4.78, 5) is 12.4. The molecule has 0 radical (unpaired) electrons. The number of rotatable bonds is 5. The molecule has 1 fully saturated rings. The standard InChI is InChI=1S/C16H23ClN2O.ClH/c1-10(2)15(12-4-6-14(17)7-5-12)19-16(20)11(3)13-8-18-9-13;/h4-7,10-11,13,15,18H,8-9H2,1-3H3,(H,19,20);1H. The van der Waals surface area contributed by atoms with E-state index in [-0.39, 0.29) is 30.3 Å². The molecule has 2 atom stereocenters. The van der Waals surface area contributed by atoms with Crippen molar-refractivity contribution >= 4 is 29.9 Å². The number of halogens is 2. The molecule has 1 aliphatic rings. The second kappa shape index (κ2) is 8.02. The summed E-state index contributed by atoms with van der Waals surface area (Å²) in [5.74, 6) is 1.01. The first-order valence-corrected chi connectivity index (χ1v) is 7.63. The average molecular weight is 331 g/mol. The molecule has 1 aliphatic heterocycles. The molecule has 0 saturated carbocycles. The van der Waals surface area contributed by atoms with Crippen molar-refractivity contribution in [2.75, 3.05) is 13.1 Å². The summed E-state index contributed by atoms with van der Waals surface area (Å²) in [7, 11) is 0. The van der Waals surface area contributed by atoms with Crippen LogP contribution in [0.2, 0.25) is 5.02 Å². The number of hydrogen-bond acceptors (Lipinski definition) is 2. The third-order valence-corrected chi connectivity index (χ3v) is 4.38. The summed E-state index contributed by atoms with van der Waals surface area (Å²) in [5, 5.41) is 7.13. The van der Waals surface area contributed by atoms with Crippen LogP contribution in [-0.4, -0.2) is 19.0 Å². The van der Waals surface area contributed by atoms with Crippen molar-refractivity contribution in [3.8, 4) is 0 Å². The first-order valence-electron chi connectivity index (χ1n) is 7.25. The van der Waals surface area contributed by atoms with Crippen LogP contribution in [0.25, 0.3) is 0 Å². The third-order valence-electron chi connectivity index (χ3n) is 4.13. The molecule has 0 aromatic heterocycles. The maximum atomic E-state index is 12.4. The van der Waals surface area contributed by atoms with Crippen molar-refractivity contribution in [1.82, 2.24) is 10.6 Å². The summed E-state index contributed by atoms with van der Waals surface area (Å²) >= 11 is 5.93. The lowest BCUT2D eigenvalue weighted by molar-refractivity contribution is -0.127.